The lowest BCUT2D eigenvalue weighted by Crippen LogP contribution is -2.21. The maximum Gasteiger partial charge on any atom is 0.123 e. The number of benzene rings is 1. The van der Waals surface area contributed by atoms with Crippen LogP contribution in [0.1, 0.15) is 30.5 Å². The first-order valence-electron chi connectivity index (χ1n) is 5.83. The van der Waals surface area contributed by atoms with Gasteiger partial charge in [-0.05, 0) is 30.3 Å². The molecule has 16 heavy (non-hydrogen) atoms. The van der Waals surface area contributed by atoms with Gasteiger partial charge >= 0.3 is 0 Å². The van der Waals surface area contributed by atoms with Gasteiger partial charge in [-0.15, -0.1) is 0 Å². The molecule has 1 aromatic rings. The molecule has 0 aliphatic carbocycles. The Balaban J connectivity index is 2.37. The van der Waals surface area contributed by atoms with Gasteiger partial charge in [-0.25, -0.2) is 0 Å². The fourth-order valence-electron chi connectivity index (χ4n) is 2.24. The molecule has 0 spiro atoms. The highest BCUT2D eigenvalue weighted by atomic mass is 32.2. The number of hydrogen-bond donors (Lipinski definition) is 1. The number of thioether (sulfide) groups is 1. The van der Waals surface area contributed by atoms with Crippen LogP contribution in [0.4, 0.5) is 0 Å². The SMILES string of the molecule is CCNC1CCSCc2c(OC)cccc21. The first-order chi connectivity index (χ1) is 7.86. The second-order valence-electron chi connectivity index (χ2n) is 3.98. The van der Waals surface area contributed by atoms with Crippen molar-refractivity contribution in [1.82, 2.24) is 5.32 Å². The zero-order valence-corrected chi connectivity index (χ0v) is 10.8. The Bertz CT molecular complexity index is 354. The fraction of sp³-hybridized carbons (Fsp3) is 0.538. The molecule has 0 aromatic heterocycles. The Hall–Kier alpha value is -0.670. The third-order valence-corrected chi connectivity index (χ3v) is 4.03. The molecule has 1 aliphatic heterocycles. The Morgan fingerprint density at radius 3 is 3.12 bits per heavy atom. The molecule has 1 atom stereocenters. The summed E-state index contributed by atoms with van der Waals surface area (Å²) < 4.78 is 5.45. The minimum Gasteiger partial charge on any atom is -0.496 e. The lowest BCUT2D eigenvalue weighted by Gasteiger charge is -2.19. The average molecular weight is 237 g/mol. The molecule has 2 nitrogen and oxygen atoms in total. The molecular formula is C13H19NOS. The van der Waals surface area contributed by atoms with E-state index in [1.165, 1.54) is 23.3 Å². The number of ether oxygens (including phenoxy) is 1. The summed E-state index contributed by atoms with van der Waals surface area (Å²) in [5.41, 5.74) is 2.80. The van der Waals surface area contributed by atoms with Crippen LogP contribution in [-0.2, 0) is 5.75 Å². The highest BCUT2D eigenvalue weighted by molar-refractivity contribution is 7.98. The third-order valence-electron chi connectivity index (χ3n) is 3.01. The fourth-order valence-corrected chi connectivity index (χ4v) is 3.30. The quantitative estimate of drug-likeness (QED) is 0.873. The zero-order chi connectivity index (χ0) is 11.4. The Morgan fingerprint density at radius 2 is 2.38 bits per heavy atom. The van der Waals surface area contributed by atoms with E-state index in [1.54, 1.807) is 7.11 Å². The summed E-state index contributed by atoms with van der Waals surface area (Å²) in [6, 6.07) is 6.88. The molecule has 1 heterocycles. The second-order valence-corrected chi connectivity index (χ2v) is 5.08. The molecule has 0 amide bonds. The van der Waals surface area contributed by atoms with Gasteiger partial charge in [0.1, 0.15) is 5.75 Å². The van der Waals surface area contributed by atoms with Crippen molar-refractivity contribution in [3.8, 4) is 5.75 Å². The highest BCUT2D eigenvalue weighted by Crippen LogP contribution is 2.35. The summed E-state index contributed by atoms with van der Waals surface area (Å²) in [6.45, 7) is 3.18. The molecule has 1 N–H and O–H groups in total. The van der Waals surface area contributed by atoms with Crippen LogP contribution in [0, 0.1) is 0 Å². The van der Waals surface area contributed by atoms with E-state index in [0.717, 1.165) is 18.0 Å². The predicted molar refractivity (Wildman–Crippen MR) is 70.2 cm³/mol. The van der Waals surface area contributed by atoms with Gasteiger partial charge in [-0.2, -0.15) is 11.8 Å². The molecule has 0 radical (unpaired) electrons. The molecule has 88 valence electrons. The normalized spacial score (nSPS) is 20.0. The lowest BCUT2D eigenvalue weighted by atomic mass is 9.98. The number of nitrogens with one attached hydrogen (secondary N) is 1. The molecule has 0 fully saturated rings. The third kappa shape index (κ3) is 2.36. The van der Waals surface area contributed by atoms with Gasteiger partial charge in [0.05, 0.1) is 7.11 Å². The van der Waals surface area contributed by atoms with E-state index < -0.39 is 0 Å². The van der Waals surface area contributed by atoms with Crippen molar-refractivity contribution in [1.29, 1.82) is 0 Å². The van der Waals surface area contributed by atoms with Crippen molar-refractivity contribution in [3.63, 3.8) is 0 Å². The maximum absolute atomic E-state index is 5.45. The number of fused-ring (bicyclic) bond motifs is 1. The number of hydrogen-bond acceptors (Lipinski definition) is 3. The van der Waals surface area contributed by atoms with Crippen LogP contribution < -0.4 is 10.1 Å². The summed E-state index contributed by atoms with van der Waals surface area (Å²) in [4.78, 5) is 0. The monoisotopic (exact) mass is 237 g/mol. The van der Waals surface area contributed by atoms with Crippen LogP contribution in [-0.4, -0.2) is 19.4 Å². The standard InChI is InChI=1S/C13H19NOS/c1-3-14-12-7-8-16-9-11-10(12)5-4-6-13(11)15-2/h4-6,12,14H,3,7-9H2,1-2H3. The molecule has 0 bridgehead atoms. The van der Waals surface area contributed by atoms with Crippen LogP contribution in [0.2, 0.25) is 0 Å². The zero-order valence-electron chi connectivity index (χ0n) is 9.95. The van der Waals surface area contributed by atoms with E-state index >= 15 is 0 Å². The van der Waals surface area contributed by atoms with Gasteiger partial charge < -0.3 is 10.1 Å². The van der Waals surface area contributed by atoms with E-state index in [4.69, 9.17) is 4.74 Å². The van der Waals surface area contributed by atoms with E-state index in [1.807, 2.05) is 11.8 Å². The van der Waals surface area contributed by atoms with Crippen molar-refractivity contribution < 1.29 is 4.74 Å². The van der Waals surface area contributed by atoms with Crippen LogP contribution in [0.25, 0.3) is 0 Å². The summed E-state index contributed by atoms with van der Waals surface area (Å²) in [5.74, 6) is 3.33. The number of methoxy groups -OCH3 is 1. The first-order valence-corrected chi connectivity index (χ1v) is 6.99. The number of rotatable bonds is 3. The smallest absolute Gasteiger partial charge is 0.123 e. The minimum absolute atomic E-state index is 0.491. The largest absolute Gasteiger partial charge is 0.496 e. The molecule has 1 aromatic carbocycles. The first kappa shape index (κ1) is 11.8. The van der Waals surface area contributed by atoms with Crippen molar-refractivity contribution in [2.45, 2.75) is 25.1 Å². The van der Waals surface area contributed by atoms with Crippen molar-refractivity contribution >= 4 is 11.8 Å². The van der Waals surface area contributed by atoms with Gasteiger partial charge in [-0.1, -0.05) is 19.1 Å². The van der Waals surface area contributed by atoms with Gasteiger partial charge in [0.15, 0.2) is 0 Å². The summed E-state index contributed by atoms with van der Waals surface area (Å²) in [7, 11) is 1.76. The molecule has 1 aliphatic rings. The molecule has 0 saturated carbocycles. The molecule has 2 rings (SSSR count). The molecule has 0 saturated heterocycles. The lowest BCUT2D eigenvalue weighted by molar-refractivity contribution is 0.409. The van der Waals surface area contributed by atoms with Crippen molar-refractivity contribution in [3.05, 3.63) is 29.3 Å². The predicted octanol–water partition coefficient (Wildman–Crippen LogP) is 2.98. The average Bonchev–Trinajstić information content (AvgIpc) is 2.52. The minimum atomic E-state index is 0.491. The van der Waals surface area contributed by atoms with Crippen molar-refractivity contribution in [2.75, 3.05) is 19.4 Å². The Kier molecular flexibility index (Phi) is 4.13. The van der Waals surface area contributed by atoms with Crippen LogP contribution >= 0.6 is 11.8 Å². The van der Waals surface area contributed by atoms with E-state index in [2.05, 4.69) is 30.4 Å². The van der Waals surface area contributed by atoms with E-state index in [0.29, 0.717) is 6.04 Å². The molecule has 3 heteroatoms. The Labute approximate surface area is 102 Å². The molecule has 1 unspecified atom stereocenters. The van der Waals surface area contributed by atoms with Gasteiger partial charge in [-0.3, -0.25) is 0 Å². The van der Waals surface area contributed by atoms with Gasteiger partial charge in [0.2, 0.25) is 0 Å². The maximum atomic E-state index is 5.45. The topological polar surface area (TPSA) is 21.3 Å². The molecular weight excluding hydrogens is 218 g/mol. The Morgan fingerprint density at radius 1 is 1.50 bits per heavy atom. The van der Waals surface area contributed by atoms with Gasteiger partial charge in [0.25, 0.3) is 0 Å². The van der Waals surface area contributed by atoms with Crippen LogP contribution in [0.5, 0.6) is 5.75 Å². The summed E-state index contributed by atoms with van der Waals surface area (Å²) in [6.07, 6.45) is 1.21. The van der Waals surface area contributed by atoms with Crippen molar-refractivity contribution in [2.24, 2.45) is 0 Å². The second kappa shape index (κ2) is 5.60. The van der Waals surface area contributed by atoms with Crippen LogP contribution in [0.3, 0.4) is 0 Å². The van der Waals surface area contributed by atoms with Gasteiger partial charge in [0, 0.05) is 17.4 Å². The highest BCUT2D eigenvalue weighted by Gasteiger charge is 2.20. The summed E-state index contributed by atoms with van der Waals surface area (Å²) >= 11 is 2.00. The van der Waals surface area contributed by atoms with E-state index in [9.17, 15) is 0 Å². The summed E-state index contributed by atoms with van der Waals surface area (Å²) in [5, 5.41) is 3.56. The van der Waals surface area contributed by atoms with Crippen LogP contribution in [0.15, 0.2) is 18.2 Å². The van der Waals surface area contributed by atoms with E-state index in [-0.39, 0.29) is 0 Å².